The van der Waals surface area contributed by atoms with Gasteiger partial charge in [0.25, 0.3) is 0 Å². The minimum Gasteiger partial charge on any atom is -0.322 e. The normalized spacial score (nSPS) is 12.3. The first-order valence-electron chi connectivity index (χ1n) is 10.5. The van der Waals surface area contributed by atoms with Crippen molar-refractivity contribution in [3.8, 4) is 0 Å². The molecule has 0 aliphatic carbocycles. The SMILES string of the molecule is CCCCCC[N+](CCCCCC)(CCCCCC)C(C)C. The van der Waals surface area contributed by atoms with Crippen molar-refractivity contribution in [1.82, 2.24) is 0 Å². The largest absolute Gasteiger partial charge is 0.322 e. The highest BCUT2D eigenvalue weighted by molar-refractivity contribution is 4.55. The lowest BCUT2D eigenvalue weighted by Gasteiger charge is -2.43. The number of quaternary nitrogens is 1. The molecule has 0 heterocycles. The fourth-order valence-corrected chi connectivity index (χ4v) is 3.67. The molecule has 0 amide bonds. The second-order valence-corrected chi connectivity index (χ2v) is 7.67. The highest BCUT2D eigenvalue weighted by Crippen LogP contribution is 2.21. The first kappa shape index (κ1) is 22.0. The van der Waals surface area contributed by atoms with Crippen molar-refractivity contribution in [1.29, 1.82) is 0 Å². The van der Waals surface area contributed by atoms with Crippen LogP contribution in [0.5, 0.6) is 0 Å². The standard InChI is InChI=1S/C21H46N/c1-6-9-12-15-18-22(21(4)5,19-16-13-10-7-2)20-17-14-11-8-3/h21H,6-20H2,1-5H3/q+1. The van der Waals surface area contributed by atoms with Crippen LogP contribution in [0.25, 0.3) is 0 Å². The molecule has 0 bridgehead atoms. The molecule has 0 saturated heterocycles. The van der Waals surface area contributed by atoms with E-state index in [9.17, 15) is 0 Å². The summed E-state index contributed by atoms with van der Waals surface area (Å²) < 4.78 is 1.40. The first-order chi connectivity index (χ1) is 10.6. The van der Waals surface area contributed by atoms with E-state index in [4.69, 9.17) is 0 Å². The lowest BCUT2D eigenvalue weighted by molar-refractivity contribution is -0.948. The minimum atomic E-state index is 0.796. The Bertz CT molecular complexity index is 191. The minimum absolute atomic E-state index is 0.796. The molecule has 22 heavy (non-hydrogen) atoms. The van der Waals surface area contributed by atoms with Crippen LogP contribution in [-0.4, -0.2) is 30.2 Å². The molecule has 0 aromatic carbocycles. The van der Waals surface area contributed by atoms with Gasteiger partial charge in [-0.1, -0.05) is 59.3 Å². The van der Waals surface area contributed by atoms with Crippen molar-refractivity contribution >= 4 is 0 Å². The zero-order valence-corrected chi connectivity index (χ0v) is 16.6. The molecule has 0 fully saturated rings. The van der Waals surface area contributed by atoms with Crippen molar-refractivity contribution in [2.24, 2.45) is 0 Å². The predicted octanol–water partition coefficient (Wildman–Crippen LogP) is 6.95. The topological polar surface area (TPSA) is 0 Å². The summed E-state index contributed by atoms with van der Waals surface area (Å²) in [5.41, 5.74) is 0. The molecule has 0 unspecified atom stereocenters. The molecule has 0 atom stereocenters. The van der Waals surface area contributed by atoms with E-state index in [1.54, 1.807) is 0 Å². The van der Waals surface area contributed by atoms with Crippen LogP contribution in [0, 0.1) is 0 Å². The average molecular weight is 313 g/mol. The molecule has 0 rings (SSSR count). The fraction of sp³-hybridized carbons (Fsp3) is 1.00. The maximum atomic E-state index is 2.47. The lowest BCUT2D eigenvalue weighted by Crippen LogP contribution is -2.55. The summed E-state index contributed by atoms with van der Waals surface area (Å²) in [4.78, 5) is 0. The van der Waals surface area contributed by atoms with Gasteiger partial charge >= 0.3 is 0 Å². The molecular formula is C21H46N+. The third kappa shape index (κ3) is 9.87. The molecule has 0 saturated carbocycles. The summed E-state index contributed by atoms with van der Waals surface area (Å²) >= 11 is 0. The van der Waals surface area contributed by atoms with E-state index in [1.807, 2.05) is 0 Å². The van der Waals surface area contributed by atoms with Gasteiger partial charge in [0.05, 0.1) is 25.7 Å². The van der Waals surface area contributed by atoms with Crippen molar-refractivity contribution in [2.45, 2.75) is 118 Å². The van der Waals surface area contributed by atoms with Crippen molar-refractivity contribution in [3.05, 3.63) is 0 Å². The van der Waals surface area contributed by atoms with Crippen LogP contribution in [-0.2, 0) is 0 Å². The second-order valence-electron chi connectivity index (χ2n) is 7.67. The van der Waals surface area contributed by atoms with Gasteiger partial charge in [-0.3, -0.25) is 0 Å². The van der Waals surface area contributed by atoms with Crippen molar-refractivity contribution in [2.75, 3.05) is 19.6 Å². The summed E-state index contributed by atoms with van der Waals surface area (Å²) in [6.45, 7) is 16.2. The zero-order valence-electron chi connectivity index (χ0n) is 16.6. The lowest BCUT2D eigenvalue weighted by atomic mass is 10.1. The number of hydrogen-bond donors (Lipinski definition) is 0. The van der Waals surface area contributed by atoms with E-state index in [1.165, 1.54) is 101 Å². The highest BCUT2D eigenvalue weighted by Gasteiger charge is 2.29. The van der Waals surface area contributed by atoms with Crippen LogP contribution in [0.3, 0.4) is 0 Å². The van der Waals surface area contributed by atoms with Gasteiger partial charge in [0.15, 0.2) is 0 Å². The Labute approximate surface area is 142 Å². The van der Waals surface area contributed by atoms with Crippen LogP contribution in [0.15, 0.2) is 0 Å². The summed E-state index contributed by atoms with van der Waals surface area (Å²) in [5.74, 6) is 0. The fourth-order valence-electron chi connectivity index (χ4n) is 3.67. The summed E-state index contributed by atoms with van der Waals surface area (Å²) in [5, 5.41) is 0. The monoisotopic (exact) mass is 312 g/mol. The second kappa shape index (κ2) is 14.5. The van der Waals surface area contributed by atoms with E-state index in [0.29, 0.717) is 0 Å². The Morgan fingerprint density at radius 2 is 0.818 bits per heavy atom. The molecule has 1 nitrogen and oxygen atoms in total. The van der Waals surface area contributed by atoms with Gasteiger partial charge in [0.1, 0.15) is 0 Å². The van der Waals surface area contributed by atoms with Gasteiger partial charge in [-0.05, 0) is 52.4 Å². The third-order valence-electron chi connectivity index (χ3n) is 5.47. The Balaban J connectivity index is 4.48. The maximum Gasteiger partial charge on any atom is 0.0833 e. The molecule has 0 radical (unpaired) electrons. The van der Waals surface area contributed by atoms with Crippen LogP contribution >= 0.6 is 0 Å². The van der Waals surface area contributed by atoms with E-state index in [0.717, 1.165) is 6.04 Å². The van der Waals surface area contributed by atoms with Gasteiger partial charge in [0, 0.05) is 0 Å². The first-order valence-corrected chi connectivity index (χ1v) is 10.5. The van der Waals surface area contributed by atoms with E-state index < -0.39 is 0 Å². The number of rotatable bonds is 16. The van der Waals surface area contributed by atoms with Crippen LogP contribution in [0.2, 0.25) is 0 Å². The van der Waals surface area contributed by atoms with Gasteiger partial charge in [-0.2, -0.15) is 0 Å². The average Bonchev–Trinajstić information content (AvgIpc) is 2.51. The molecule has 0 N–H and O–H groups in total. The zero-order chi connectivity index (χ0) is 16.7. The molecular weight excluding hydrogens is 266 g/mol. The van der Waals surface area contributed by atoms with E-state index in [2.05, 4.69) is 34.6 Å². The smallest absolute Gasteiger partial charge is 0.0833 e. The number of hydrogen-bond acceptors (Lipinski definition) is 0. The van der Waals surface area contributed by atoms with Crippen LogP contribution in [0.1, 0.15) is 112 Å². The molecule has 1 heteroatoms. The summed E-state index contributed by atoms with van der Waals surface area (Å²) in [6.07, 6.45) is 17.0. The molecule has 134 valence electrons. The van der Waals surface area contributed by atoms with Crippen molar-refractivity contribution in [3.63, 3.8) is 0 Å². The molecule has 0 aromatic heterocycles. The Morgan fingerprint density at radius 1 is 0.500 bits per heavy atom. The highest BCUT2D eigenvalue weighted by atomic mass is 15.4. The molecule has 0 spiro atoms. The molecule has 0 aliphatic heterocycles. The van der Waals surface area contributed by atoms with Crippen LogP contribution < -0.4 is 0 Å². The van der Waals surface area contributed by atoms with Crippen LogP contribution in [0.4, 0.5) is 0 Å². The van der Waals surface area contributed by atoms with Gasteiger partial charge in [-0.25, -0.2) is 0 Å². The summed E-state index contributed by atoms with van der Waals surface area (Å²) in [6, 6.07) is 0.796. The Kier molecular flexibility index (Phi) is 14.5. The quantitative estimate of drug-likeness (QED) is 0.213. The van der Waals surface area contributed by atoms with E-state index in [-0.39, 0.29) is 0 Å². The number of nitrogens with zero attached hydrogens (tertiary/aromatic N) is 1. The van der Waals surface area contributed by atoms with Gasteiger partial charge in [0.2, 0.25) is 0 Å². The summed E-state index contributed by atoms with van der Waals surface area (Å²) in [7, 11) is 0. The van der Waals surface area contributed by atoms with E-state index >= 15 is 0 Å². The van der Waals surface area contributed by atoms with Crippen molar-refractivity contribution < 1.29 is 4.48 Å². The van der Waals surface area contributed by atoms with Gasteiger partial charge < -0.3 is 4.48 Å². The van der Waals surface area contributed by atoms with Gasteiger partial charge in [-0.15, -0.1) is 0 Å². The Hall–Kier alpha value is -0.0400. The molecule has 0 aliphatic rings. The predicted molar refractivity (Wildman–Crippen MR) is 102 cm³/mol. The molecule has 0 aromatic rings. The Morgan fingerprint density at radius 3 is 1.05 bits per heavy atom. The number of unbranched alkanes of at least 4 members (excludes halogenated alkanes) is 9. The maximum absolute atomic E-state index is 2.47. The third-order valence-corrected chi connectivity index (χ3v) is 5.47.